The van der Waals surface area contributed by atoms with Crippen molar-refractivity contribution in [2.75, 3.05) is 6.54 Å². The molecule has 1 aromatic carbocycles. The van der Waals surface area contributed by atoms with Crippen LogP contribution in [0.25, 0.3) is 0 Å². The Morgan fingerprint density at radius 2 is 2.00 bits per heavy atom. The summed E-state index contributed by atoms with van der Waals surface area (Å²) in [6.45, 7) is 0.615. The third-order valence-electron chi connectivity index (χ3n) is 5.78. The topological polar surface area (TPSA) is 57.6 Å². The molecule has 2 fully saturated rings. The van der Waals surface area contributed by atoms with Crippen LogP contribution in [0, 0.1) is 11.8 Å². The number of carboxylic acids is 1. The van der Waals surface area contributed by atoms with Crippen molar-refractivity contribution in [1.82, 2.24) is 4.90 Å². The van der Waals surface area contributed by atoms with Gasteiger partial charge in [0.25, 0.3) is 5.91 Å². The standard InChI is InChI=1S/C18H21NO3/c20-17(15-9-2-5-11-4-1-7-13(11)15)19-10-12-6-3-8-14(12)16(19)18(21)22/h2,5,9,12,14,16H,1,3-4,6-8,10H2,(H,21,22). The van der Waals surface area contributed by atoms with Crippen molar-refractivity contribution in [1.29, 1.82) is 0 Å². The molecule has 0 radical (unpaired) electrons. The maximum Gasteiger partial charge on any atom is 0.326 e. The molecule has 0 aromatic heterocycles. The SMILES string of the molecule is O=C(O)C1C2CCCC2CN1C(=O)c1cccc2c1CCC2. The third-order valence-corrected chi connectivity index (χ3v) is 5.78. The lowest BCUT2D eigenvalue weighted by atomic mass is 9.94. The predicted molar refractivity (Wildman–Crippen MR) is 81.8 cm³/mol. The molecule has 1 aromatic rings. The van der Waals surface area contributed by atoms with Crippen molar-refractivity contribution in [3.8, 4) is 0 Å². The van der Waals surface area contributed by atoms with E-state index >= 15 is 0 Å². The van der Waals surface area contributed by atoms with Crippen LogP contribution < -0.4 is 0 Å². The average molecular weight is 299 g/mol. The Morgan fingerprint density at radius 3 is 2.82 bits per heavy atom. The molecule has 116 valence electrons. The number of hydrogen-bond donors (Lipinski definition) is 1. The van der Waals surface area contributed by atoms with Gasteiger partial charge in [0.1, 0.15) is 6.04 Å². The number of fused-ring (bicyclic) bond motifs is 2. The summed E-state index contributed by atoms with van der Waals surface area (Å²) >= 11 is 0. The zero-order valence-corrected chi connectivity index (χ0v) is 12.6. The van der Waals surface area contributed by atoms with Crippen LogP contribution in [0.4, 0.5) is 0 Å². The molecule has 1 aliphatic heterocycles. The summed E-state index contributed by atoms with van der Waals surface area (Å²) in [7, 11) is 0. The summed E-state index contributed by atoms with van der Waals surface area (Å²) in [4.78, 5) is 26.4. The minimum atomic E-state index is -0.838. The first kappa shape index (κ1) is 13.8. The first-order valence-corrected chi connectivity index (χ1v) is 8.31. The molecule has 1 amide bonds. The quantitative estimate of drug-likeness (QED) is 0.913. The van der Waals surface area contributed by atoms with Gasteiger partial charge in [0.2, 0.25) is 0 Å². The van der Waals surface area contributed by atoms with Crippen LogP contribution in [0.2, 0.25) is 0 Å². The maximum absolute atomic E-state index is 13.0. The van der Waals surface area contributed by atoms with Crippen LogP contribution in [0.1, 0.15) is 47.2 Å². The Morgan fingerprint density at radius 1 is 1.14 bits per heavy atom. The Hall–Kier alpha value is -1.84. The van der Waals surface area contributed by atoms with Crippen LogP contribution in [0.5, 0.6) is 0 Å². The number of hydrogen-bond acceptors (Lipinski definition) is 2. The molecule has 1 N–H and O–H groups in total. The van der Waals surface area contributed by atoms with E-state index in [1.165, 1.54) is 5.56 Å². The molecule has 3 aliphatic rings. The maximum atomic E-state index is 13.0. The first-order chi connectivity index (χ1) is 10.7. The molecule has 3 unspecified atom stereocenters. The molecule has 2 aliphatic carbocycles. The molecule has 4 nitrogen and oxygen atoms in total. The molecule has 22 heavy (non-hydrogen) atoms. The molecule has 1 saturated carbocycles. The van der Waals surface area contributed by atoms with Gasteiger partial charge >= 0.3 is 5.97 Å². The number of nitrogens with zero attached hydrogens (tertiary/aromatic N) is 1. The summed E-state index contributed by atoms with van der Waals surface area (Å²) in [6.07, 6.45) is 6.16. The van der Waals surface area contributed by atoms with Gasteiger partial charge in [0.05, 0.1) is 0 Å². The lowest BCUT2D eigenvalue weighted by Crippen LogP contribution is -2.43. The van der Waals surface area contributed by atoms with Crippen LogP contribution in [-0.4, -0.2) is 34.5 Å². The van der Waals surface area contributed by atoms with Gasteiger partial charge in [-0.1, -0.05) is 18.6 Å². The Labute approximate surface area is 130 Å². The van der Waals surface area contributed by atoms with Crippen molar-refractivity contribution in [2.24, 2.45) is 11.8 Å². The van der Waals surface area contributed by atoms with Gasteiger partial charge < -0.3 is 10.0 Å². The molecular formula is C18H21NO3. The summed E-state index contributed by atoms with van der Waals surface area (Å²) < 4.78 is 0. The van der Waals surface area contributed by atoms with E-state index in [0.717, 1.165) is 49.7 Å². The smallest absolute Gasteiger partial charge is 0.326 e. The Kier molecular flexibility index (Phi) is 3.21. The number of benzene rings is 1. The van der Waals surface area contributed by atoms with E-state index in [2.05, 4.69) is 6.07 Å². The molecule has 0 spiro atoms. The number of carbonyl (C=O) groups excluding carboxylic acids is 1. The Bertz CT molecular complexity index is 639. The van der Waals surface area contributed by atoms with Crippen LogP contribution in [-0.2, 0) is 17.6 Å². The second kappa shape index (κ2) is 5.11. The summed E-state index contributed by atoms with van der Waals surface area (Å²) in [6, 6.07) is 5.27. The van der Waals surface area contributed by atoms with Gasteiger partial charge in [-0.05, 0) is 61.1 Å². The summed E-state index contributed by atoms with van der Waals surface area (Å²) in [5.74, 6) is -0.379. The summed E-state index contributed by atoms with van der Waals surface area (Å²) in [5, 5.41) is 9.63. The fourth-order valence-electron chi connectivity index (χ4n) is 4.81. The molecule has 3 atom stereocenters. The normalized spacial score (nSPS) is 29.5. The number of carbonyl (C=O) groups is 2. The lowest BCUT2D eigenvalue weighted by molar-refractivity contribution is -0.142. The van der Waals surface area contributed by atoms with E-state index in [4.69, 9.17) is 0 Å². The number of amides is 1. The van der Waals surface area contributed by atoms with E-state index in [9.17, 15) is 14.7 Å². The number of likely N-dealkylation sites (tertiary alicyclic amines) is 1. The number of aliphatic carboxylic acids is 1. The average Bonchev–Trinajstić information content (AvgIpc) is 3.19. The largest absolute Gasteiger partial charge is 0.480 e. The molecular weight excluding hydrogens is 278 g/mol. The van der Waals surface area contributed by atoms with Crippen molar-refractivity contribution in [2.45, 2.75) is 44.6 Å². The van der Waals surface area contributed by atoms with Gasteiger partial charge in [0.15, 0.2) is 0 Å². The molecule has 1 saturated heterocycles. The highest BCUT2D eigenvalue weighted by molar-refractivity contribution is 5.98. The van der Waals surface area contributed by atoms with Crippen molar-refractivity contribution < 1.29 is 14.7 Å². The predicted octanol–water partition coefficient (Wildman–Crippen LogP) is 2.50. The third kappa shape index (κ3) is 1.97. The number of aryl methyl sites for hydroxylation is 1. The second-order valence-corrected chi connectivity index (χ2v) is 6.89. The van der Waals surface area contributed by atoms with E-state index in [0.29, 0.717) is 12.5 Å². The zero-order chi connectivity index (χ0) is 15.3. The monoisotopic (exact) mass is 299 g/mol. The summed E-state index contributed by atoms with van der Waals surface area (Å²) in [5.41, 5.74) is 3.15. The van der Waals surface area contributed by atoms with Crippen molar-refractivity contribution in [3.63, 3.8) is 0 Å². The fraction of sp³-hybridized carbons (Fsp3) is 0.556. The van der Waals surface area contributed by atoms with Crippen LogP contribution in [0.15, 0.2) is 18.2 Å². The first-order valence-electron chi connectivity index (χ1n) is 8.31. The minimum Gasteiger partial charge on any atom is -0.480 e. The van der Waals surface area contributed by atoms with Gasteiger partial charge in [-0.2, -0.15) is 0 Å². The minimum absolute atomic E-state index is 0.0689. The van der Waals surface area contributed by atoms with E-state index in [-0.39, 0.29) is 11.8 Å². The van der Waals surface area contributed by atoms with Gasteiger partial charge in [0, 0.05) is 12.1 Å². The number of carboxylic acid groups (broad SMARTS) is 1. The molecule has 1 heterocycles. The van der Waals surface area contributed by atoms with E-state index < -0.39 is 12.0 Å². The van der Waals surface area contributed by atoms with Gasteiger partial charge in [-0.15, -0.1) is 0 Å². The number of rotatable bonds is 2. The second-order valence-electron chi connectivity index (χ2n) is 6.89. The zero-order valence-electron chi connectivity index (χ0n) is 12.6. The fourth-order valence-corrected chi connectivity index (χ4v) is 4.81. The Balaban J connectivity index is 1.68. The molecule has 4 heteroatoms. The molecule has 4 rings (SSSR count). The van der Waals surface area contributed by atoms with Gasteiger partial charge in [-0.3, -0.25) is 4.79 Å². The van der Waals surface area contributed by atoms with E-state index in [1.54, 1.807) is 4.90 Å². The van der Waals surface area contributed by atoms with Crippen LogP contribution in [0.3, 0.4) is 0 Å². The highest BCUT2D eigenvalue weighted by Gasteiger charge is 2.49. The van der Waals surface area contributed by atoms with Gasteiger partial charge in [-0.25, -0.2) is 4.79 Å². The highest BCUT2D eigenvalue weighted by atomic mass is 16.4. The van der Waals surface area contributed by atoms with Crippen molar-refractivity contribution in [3.05, 3.63) is 34.9 Å². The van der Waals surface area contributed by atoms with Crippen LogP contribution >= 0.6 is 0 Å². The van der Waals surface area contributed by atoms with Crippen molar-refractivity contribution >= 4 is 11.9 Å². The highest BCUT2D eigenvalue weighted by Crippen LogP contribution is 2.43. The van der Waals surface area contributed by atoms with E-state index in [1.807, 2.05) is 12.1 Å². The lowest BCUT2D eigenvalue weighted by Gasteiger charge is -2.25. The molecule has 0 bridgehead atoms.